The van der Waals surface area contributed by atoms with E-state index in [1.54, 1.807) is 12.1 Å². The van der Waals surface area contributed by atoms with E-state index in [0.29, 0.717) is 5.69 Å². The minimum absolute atomic E-state index is 0.192. The molecule has 1 amide bonds. The van der Waals surface area contributed by atoms with E-state index >= 15 is 0 Å². The second kappa shape index (κ2) is 6.75. The van der Waals surface area contributed by atoms with Gasteiger partial charge in [-0.25, -0.2) is 13.1 Å². The number of benzene rings is 2. The van der Waals surface area contributed by atoms with Crippen LogP contribution in [0, 0.1) is 0 Å². The van der Waals surface area contributed by atoms with E-state index in [-0.39, 0.29) is 16.8 Å². The van der Waals surface area contributed by atoms with Crippen LogP contribution in [0.1, 0.15) is 36.9 Å². The van der Waals surface area contributed by atoms with Crippen molar-refractivity contribution in [2.45, 2.75) is 37.1 Å². The number of aryl methyl sites for hydroxylation is 1. The van der Waals surface area contributed by atoms with Gasteiger partial charge in [-0.3, -0.25) is 4.79 Å². The van der Waals surface area contributed by atoms with Gasteiger partial charge in [-0.2, -0.15) is 0 Å². The molecule has 0 radical (unpaired) electrons. The van der Waals surface area contributed by atoms with Crippen LogP contribution in [0.15, 0.2) is 53.4 Å². The Labute approximate surface area is 142 Å². The van der Waals surface area contributed by atoms with Crippen LogP contribution in [0.5, 0.6) is 0 Å². The quantitative estimate of drug-likeness (QED) is 0.895. The first-order valence-corrected chi connectivity index (χ1v) is 9.42. The van der Waals surface area contributed by atoms with Crippen LogP contribution in [0.4, 0.5) is 5.69 Å². The fourth-order valence-corrected chi connectivity index (χ4v) is 4.30. The van der Waals surface area contributed by atoms with Gasteiger partial charge in [0.25, 0.3) is 0 Å². The largest absolute Gasteiger partial charge is 0.326 e. The van der Waals surface area contributed by atoms with Crippen LogP contribution < -0.4 is 10.0 Å². The molecule has 0 bridgehead atoms. The van der Waals surface area contributed by atoms with E-state index in [0.717, 1.165) is 24.8 Å². The molecule has 0 heterocycles. The Balaban J connectivity index is 1.81. The Morgan fingerprint density at radius 3 is 2.50 bits per heavy atom. The van der Waals surface area contributed by atoms with Gasteiger partial charge in [0.15, 0.2) is 0 Å². The van der Waals surface area contributed by atoms with Gasteiger partial charge in [-0.15, -0.1) is 0 Å². The van der Waals surface area contributed by atoms with E-state index < -0.39 is 10.0 Å². The van der Waals surface area contributed by atoms with Crippen molar-refractivity contribution < 1.29 is 13.2 Å². The molecule has 0 fully saturated rings. The molecule has 0 saturated carbocycles. The summed E-state index contributed by atoms with van der Waals surface area (Å²) in [6.07, 6.45) is 2.74. The van der Waals surface area contributed by atoms with E-state index in [2.05, 4.69) is 16.1 Å². The van der Waals surface area contributed by atoms with Crippen molar-refractivity contribution in [3.05, 3.63) is 59.7 Å². The first-order valence-electron chi connectivity index (χ1n) is 7.93. The predicted molar refractivity (Wildman–Crippen MR) is 93.2 cm³/mol. The van der Waals surface area contributed by atoms with Crippen LogP contribution in [-0.4, -0.2) is 14.3 Å². The zero-order chi connectivity index (χ0) is 17.2. The molecule has 0 spiro atoms. The van der Waals surface area contributed by atoms with Crippen molar-refractivity contribution >= 4 is 21.6 Å². The van der Waals surface area contributed by atoms with E-state index in [1.165, 1.54) is 24.6 Å². The summed E-state index contributed by atoms with van der Waals surface area (Å²) in [6.45, 7) is 1.41. The van der Waals surface area contributed by atoms with Crippen LogP contribution in [-0.2, 0) is 21.2 Å². The number of carbonyl (C=O) groups is 1. The summed E-state index contributed by atoms with van der Waals surface area (Å²) in [5, 5.41) is 2.62. The number of rotatable bonds is 4. The van der Waals surface area contributed by atoms with Crippen LogP contribution >= 0.6 is 0 Å². The molecule has 1 atom stereocenters. The first kappa shape index (κ1) is 16.7. The number of carbonyl (C=O) groups excluding carboxylic acids is 1. The van der Waals surface area contributed by atoms with Crippen molar-refractivity contribution in [2.24, 2.45) is 0 Å². The average molecular weight is 344 g/mol. The molecule has 3 rings (SSSR count). The molecule has 5 nitrogen and oxygen atoms in total. The van der Waals surface area contributed by atoms with Crippen LogP contribution in [0.3, 0.4) is 0 Å². The summed E-state index contributed by atoms with van der Waals surface area (Å²) in [7, 11) is -3.61. The highest BCUT2D eigenvalue weighted by atomic mass is 32.2. The molecule has 0 unspecified atom stereocenters. The molecular weight excluding hydrogens is 324 g/mol. The maximum atomic E-state index is 12.6. The molecule has 0 aliphatic heterocycles. The highest BCUT2D eigenvalue weighted by Crippen LogP contribution is 2.30. The zero-order valence-electron chi connectivity index (χ0n) is 13.5. The molecule has 2 aromatic carbocycles. The summed E-state index contributed by atoms with van der Waals surface area (Å²) in [6, 6.07) is 13.9. The Kier molecular flexibility index (Phi) is 4.69. The summed E-state index contributed by atoms with van der Waals surface area (Å²) >= 11 is 0. The maximum absolute atomic E-state index is 12.6. The molecule has 126 valence electrons. The molecular formula is C18H20N2O3S. The lowest BCUT2D eigenvalue weighted by Gasteiger charge is -2.26. The van der Waals surface area contributed by atoms with E-state index in [1.807, 2.05) is 18.2 Å². The number of sulfonamides is 1. The van der Waals surface area contributed by atoms with Crippen LogP contribution in [0.25, 0.3) is 0 Å². The van der Waals surface area contributed by atoms with Crippen molar-refractivity contribution in [2.75, 3.05) is 5.32 Å². The molecule has 2 aromatic rings. The van der Waals surface area contributed by atoms with Gasteiger partial charge in [-0.05, 0) is 54.7 Å². The Hall–Kier alpha value is -2.18. The van der Waals surface area contributed by atoms with Crippen molar-refractivity contribution in [1.29, 1.82) is 0 Å². The topological polar surface area (TPSA) is 75.3 Å². The third-order valence-corrected chi connectivity index (χ3v) is 5.64. The molecule has 2 N–H and O–H groups in total. The summed E-state index contributed by atoms with van der Waals surface area (Å²) < 4.78 is 28.1. The van der Waals surface area contributed by atoms with Gasteiger partial charge >= 0.3 is 0 Å². The van der Waals surface area contributed by atoms with Gasteiger partial charge in [0, 0.05) is 18.7 Å². The van der Waals surface area contributed by atoms with Crippen LogP contribution in [0.2, 0.25) is 0 Å². The van der Waals surface area contributed by atoms with Crippen molar-refractivity contribution in [1.82, 2.24) is 4.72 Å². The smallest absolute Gasteiger partial charge is 0.241 e. The third kappa shape index (κ3) is 3.66. The highest BCUT2D eigenvalue weighted by molar-refractivity contribution is 7.89. The number of fused-ring (bicyclic) bond motifs is 1. The first-order chi connectivity index (χ1) is 11.5. The SMILES string of the molecule is CC(=O)Nc1ccc(S(=O)(=O)N[C@@H]2CCCc3ccccc32)cc1. The number of nitrogens with one attached hydrogen (secondary N) is 2. The monoisotopic (exact) mass is 344 g/mol. The molecule has 0 saturated heterocycles. The Morgan fingerprint density at radius 2 is 1.79 bits per heavy atom. The minimum Gasteiger partial charge on any atom is -0.326 e. The Morgan fingerprint density at radius 1 is 1.08 bits per heavy atom. The van der Waals surface area contributed by atoms with Gasteiger partial charge < -0.3 is 5.32 Å². The lowest BCUT2D eigenvalue weighted by atomic mass is 9.88. The number of amides is 1. The molecule has 1 aliphatic carbocycles. The fraction of sp³-hybridized carbons (Fsp3) is 0.278. The molecule has 0 aromatic heterocycles. The fourth-order valence-electron chi connectivity index (χ4n) is 3.05. The minimum atomic E-state index is -3.61. The van der Waals surface area contributed by atoms with E-state index in [9.17, 15) is 13.2 Å². The third-order valence-electron chi connectivity index (χ3n) is 4.15. The van der Waals surface area contributed by atoms with E-state index in [4.69, 9.17) is 0 Å². The summed E-state index contributed by atoms with van der Waals surface area (Å²) in [4.78, 5) is 11.2. The lowest BCUT2D eigenvalue weighted by Crippen LogP contribution is -2.31. The normalized spacial score (nSPS) is 17.1. The zero-order valence-corrected chi connectivity index (χ0v) is 14.3. The summed E-state index contributed by atoms with van der Waals surface area (Å²) in [5.74, 6) is -0.192. The molecule has 1 aliphatic rings. The second-order valence-corrected chi connectivity index (χ2v) is 7.68. The predicted octanol–water partition coefficient (Wildman–Crippen LogP) is 3.00. The molecule has 6 heteroatoms. The standard InChI is InChI=1S/C18H20N2O3S/c1-13(21)19-15-9-11-16(12-10-15)24(22,23)20-18-8-4-6-14-5-2-3-7-17(14)18/h2-3,5,7,9-12,18,20H,4,6,8H2,1H3,(H,19,21)/t18-/m1/s1. The van der Waals surface area contributed by atoms with Gasteiger partial charge in [0.1, 0.15) is 0 Å². The lowest BCUT2D eigenvalue weighted by molar-refractivity contribution is -0.114. The highest BCUT2D eigenvalue weighted by Gasteiger charge is 2.25. The number of anilines is 1. The Bertz CT molecular complexity index is 845. The number of hydrogen-bond acceptors (Lipinski definition) is 3. The van der Waals surface area contributed by atoms with Gasteiger partial charge in [-0.1, -0.05) is 24.3 Å². The molecule has 24 heavy (non-hydrogen) atoms. The second-order valence-electron chi connectivity index (χ2n) is 5.97. The maximum Gasteiger partial charge on any atom is 0.241 e. The van der Waals surface area contributed by atoms with Gasteiger partial charge in [0.05, 0.1) is 4.90 Å². The van der Waals surface area contributed by atoms with Crippen molar-refractivity contribution in [3.8, 4) is 0 Å². The number of hydrogen-bond donors (Lipinski definition) is 2. The van der Waals surface area contributed by atoms with Gasteiger partial charge in [0.2, 0.25) is 15.9 Å². The summed E-state index contributed by atoms with van der Waals surface area (Å²) in [5.41, 5.74) is 2.84. The average Bonchev–Trinajstić information content (AvgIpc) is 2.55. The van der Waals surface area contributed by atoms with Crippen molar-refractivity contribution in [3.63, 3.8) is 0 Å².